The van der Waals surface area contributed by atoms with Crippen molar-refractivity contribution in [1.82, 2.24) is 14.8 Å². The van der Waals surface area contributed by atoms with Gasteiger partial charge in [-0.05, 0) is 71.6 Å². The van der Waals surface area contributed by atoms with Gasteiger partial charge in [0.2, 0.25) is 0 Å². The predicted molar refractivity (Wildman–Crippen MR) is 95.4 cm³/mol. The van der Waals surface area contributed by atoms with Gasteiger partial charge in [-0.3, -0.25) is 4.79 Å². The number of rotatable bonds is 3. The van der Waals surface area contributed by atoms with Gasteiger partial charge < -0.3 is 5.32 Å². The number of anilines is 1. The fourth-order valence-corrected chi connectivity index (χ4v) is 3.28. The molecule has 2 heterocycles. The van der Waals surface area contributed by atoms with Crippen LogP contribution in [0.2, 0.25) is 0 Å². The number of aromatic nitrogens is 3. The summed E-state index contributed by atoms with van der Waals surface area (Å²) in [6.07, 6.45) is 4.26. The van der Waals surface area contributed by atoms with Crippen LogP contribution in [-0.2, 0) is 12.8 Å². The van der Waals surface area contributed by atoms with Crippen molar-refractivity contribution in [2.45, 2.75) is 19.3 Å². The zero-order valence-corrected chi connectivity index (χ0v) is 14.8. The fraction of sp³-hybridized carbons (Fsp3) is 0.167. The number of pyridine rings is 1. The normalized spacial score (nSPS) is 12.9. The molecule has 4 rings (SSSR count). The highest BCUT2D eigenvalue weighted by Crippen LogP contribution is 2.28. The molecule has 0 atom stereocenters. The molecule has 5 nitrogen and oxygen atoms in total. The largest absolute Gasteiger partial charge is 0.305 e. The molecule has 0 saturated heterocycles. The first-order valence-corrected chi connectivity index (χ1v) is 8.71. The van der Waals surface area contributed by atoms with Crippen LogP contribution in [-0.4, -0.2) is 20.7 Å². The fourth-order valence-electron chi connectivity index (χ4n) is 3.04. The number of nitrogens with one attached hydrogen (secondary N) is 1. The number of amides is 1. The van der Waals surface area contributed by atoms with Crippen LogP contribution in [0.1, 0.15) is 28.2 Å². The molecule has 0 fully saturated rings. The van der Waals surface area contributed by atoms with Crippen molar-refractivity contribution < 1.29 is 9.18 Å². The van der Waals surface area contributed by atoms with Crippen molar-refractivity contribution >= 4 is 27.7 Å². The summed E-state index contributed by atoms with van der Waals surface area (Å²) in [6, 6.07) is 9.65. The Morgan fingerprint density at radius 1 is 1.16 bits per heavy atom. The summed E-state index contributed by atoms with van der Waals surface area (Å²) in [7, 11) is 0. The molecular weight excluding hydrogens is 387 g/mol. The highest BCUT2D eigenvalue weighted by molar-refractivity contribution is 9.10. The van der Waals surface area contributed by atoms with Crippen molar-refractivity contribution in [3.05, 3.63) is 69.8 Å². The molecule has 1 N–H and O–H groups in total. The lowest BCUT2D eigenvalue weighted by Crippen LogP contribution is -2.15. The van der Waals surface area contributed by atoms with E-state index in [-0.39, 0.29) is 11.7 Å². The number of hydrogen-bond donors (Lipinski definition) is 1. The van der Waals surface area contributed by atoms with Crippen molar-refractivity contribution in [1.29, 1.82) is 0 Å². The highest BCUT2D eigenvalue weighted by Gasteiger charge is 2.27. The number of hydrogen-bond acceptors (Lipinski definition) is 3. The van der Waals surface area contributed by atoms with Gasteiger partial charge in [0.1, 0.15) is 11.6 Å². The van der Waals surface area contributed by atoms with Crippen LogP contribution in [0.4, 0.5) is 10.2 Å². The summed E-state index contributed by atoms with van der Waals surface area (Å²) < 4.78 is 15.8. The highest BCUT2D eigenvalue weighted by atomic mass is 79.9. The summed E-state index contributed by atoms with van der Waals surface area (Å²) in [5, 5.41) is 7.27. The van der Waals surface area contributed by atoms with Crippen LogP contribution in [0.5, 0.6) is 0 Å². The molecule has 0 radical (unpaired) electrons. The van der Waals surface area contributed by atoms with Gasteiger partial charge in [0.15, 0.2) is 5.69 Å². The molecule has 2 aromatic heterocycles. The molecule has 1 aliphatic carbocycles. The van der Waals surface area contributed by atoms with Gasteiger partial charge in [0, 0.05) is 21.9 Å². The van der Waals surface area contributed by atoms with E-state index < -0.39 is 0 Å². The molecule has 0 saturated carbocycles. The Hall–Kier alpha value is -2.54. The maximum absolute atomic E-state index is 13.2. The Bertz CT molecular complexity index is 935. The van der Waals surface area contributed by atoms with Crippen LogP contribution < -0.4 is 5.32 Å². The van der Waals surface area contributed by atoms with Crippen molar-refractivity contribution in [3.8, 4) is 5.69 Å². The number of halogens is 2. The van der Waals surface area contributed by atoms with Crippen molar-refractivity contribution in [3.63, 3.8) is 0 Å². The zero-order chi connectivity index (χ0) is 17.4. The van der Waals surface area contributed by atoms with Crippen LogP contribution in [0.3, 0.4) is 0 Å². The van der Waals surface area contributed by atoms with E-state index in [0.29, 0.717) is 11.5 Å². The van der Waals surface area contributed by atoms with Crippen LogP contribution in [0.15, 0.2) is 47.1 Å². The smallest absolute Gasteiger partial charge is 0.277 e. The van der Waals surface area contributed by atoms with Gasteiger partial charge >= 0.3 is 0 Å². The molecule has 1 aliphatic rings. The SMILES string of the molecule is O=C(Nc1ccc(Br)cn1)c1nn(-c2ccc(F)cc2)c2c1CCC2. The Morgan fingerprint density at radius 3 is 2.68 bits per heavy atom. The van der Waals surface area contributed by atoms with E-state index in [1.165, 1.54) is 12.1 Å². The number of carbonyl (C=O) groups excluding carboxylic acids is 1. The second-order valence-electron chi connectivity index (χ2n) is 5.83. The van der Waals surface area contributed by atoms with Gasteiger partial charge in [-0.25, -0.2) is 14.1 Å². The summed E-state index contributed by atoms with van der Waals surface area (Å²) in [5.41, 5.74) is 3.13. The third kappa shape index (κ3) is 3.07. The van der Waals surface area contributed by atoms with Crippen molar-refractivity contribution in [2.24, 2.45) is 0 Å². The van der Waals surface area contributed by atoms with Crippen LogP contribution >= 0.6 is 15.9 Å². The minimum atomic E-state index is -0.299. The number of fused-ring (bicyclic) bond motifs is 1. The lowest BCUT2D eigenvalue weighted by molar-refractivity contribution is 0.102. The molecule has 25 heavy (non-hydrogen) atoms. The number of benzene rings is 1. The van der Waals surface area contributed by atoms with E-state index in [1.807, 2.05) is 6.07 Å². The zero-order valence-electron chi connectivity index (χ0n) is 13.2. The summed E-state index contributed by atoms with van der Waals surface area (Å²) in [6.45, 7) is 0. The predicted octanol–water partition coefficient (Wildman–Crippen LogP) is 3.91. The minimum absolute atomic E-state index is 0.283. The molecular formula is C18H14BrFN4O. The monoisotopic (exact) mass is 400 g/mol. The molecule has 0 unspecified atom stereocenters. The van der Waals surface area contributed by atoms with Gasteiger partial charge in [-0.15, -0.1) is 0 Å². The molecule has 1 amide bonds. The molecule has 0 aliphatic heterocycles. The maximum atomic E-state index is 13.2. The van der Waals surface area contributed by atoms with E-state index in [4.69, 9.17) is 0 Å². The lowest BCUT2D eigenvalue weighted by atomic mass is 10.2. The first-order chi connectivity index (χ1) is 12.1. The Morgan fingerprint density at radius 2 is 1.96 bits per heavy atom. The first kappa shape index (κ1) is 16.0. The molecule has 1 aromatic carbocycles. The van der Waals surface area contributed by atoms with E-state index >= 15 is 0 Å². The quantitative estimate of drug-likeness (QED) is 0.724. The third-order valence-corrected chi connectivity index (χ3v) is 4.65. The van der Waals surface area contributed by atoms with Gasteiger partial charge in [-0.2, -0.15) is 5.10 Å². The average Bonchev–Trinajstić information content (AvgIpc) is 3.20. The van der Waals surface area contributed by atoms with E-state index in [1.54, 1.807) is 29.1 Å². The minimum Gasteiger partial charge on any atom is -0.305 e. The molecule has 126 valence electrons. The third-order valence-electron chi connectivity index (χ3n) is 4.19. The topological polar surface area (TPSA) is 59.8 Å². The van der Waals surface area contributed by atoms with E-state index in [0.717, 1.165) is 40.7 Å². The maximum Gasteiger partial charge on any atom is 0.277 e. The van der Waals surface area contributed by atoms with Crippen LogP contribution in [0, 0.1) is 5.82 Å². The Balaban J connectivity index is 1.68. The molecule has 7 heteroatoms. The number of carbonyl (C=O) groups is 1. The molecule has 3 aromatic rings. The van der Waals surface area contributed by atoms with E-state index in [9.17, 15) is 9.18 Å². The molecule has 0 spiro atoms. The summed E-state index contributed by atoms with van der Waals surface area (Å²) >= 11 is 3.31. The summed E-state index contributed by atoms with van der Waals surface area (Å²) in [4.78, 5) is 16.8. The Labute approximate surface area is 152 Å². The van der Waals surface area contributed by atoms with Gasteiger partial charge in [0.05, 0.1) is 5.69 Å². The van der Waals surface area contributed by atoms with Crippen molar-refractivity contribution in [2.75, 3.05) is 5.32 Å². The summed E-state index contributed by atoms with van der Waals surface area (Å²) in [5.74, 6) is -0.114. The van der Waals surface area contributed by atoms with Crippen LogP contribution in [0.25, 0.3) is 5.69 Å². The lowest BCUT2D eigenvalue weighted by Gasteiger charge is -2.05. The van der Waals surface area contributed by atoms with Gasteiger partial charge in [0.25, 0.3) is 5.91 Å². The first-order valence-electron chi connectivity index (χ1n) is 7.91. The second kappa shape index (κ2) is 6.40. The average molecular weight is 401 g/mol. The van der Waals surface area contributed by atoms with Gasteiger partial charge in [-0.1, -0.05) is 0 Å². The second-order valence-corrected chi connectivity index (χ2v) is 6.75. The standard InChI is InChI=1S/C18H14BrFN4O/c19-11-4-9-16(21-10-11)22-18(25)17-14-2-1-3-15(14)24(23-17)13-7-5-12(20)6-8-13/h4-10H,1-3H2,(H,21,22,25). The molecule has 0 bridgehead atoms. The van der Waals surface area contributed by atoms with E-state index in [2.05, 4.69) is 31.3 Å². The Kier molecular flexibility index (Phi) is 4.09. The number of nitrogens with zero attached hydrogens (tertiary/aromatic N) is 3.